The summed E-state index contributed by atoms with van der Waals surface area (Å²) < 4.78 is 47.1. The highest BCUT2D eigenvalue weighted by molar-refractivity contribution is 5.77. The molecule has 0 bridgehead atoms. The number of aliphatic carboxylic acids is 1. The van der Waals surface area contributed by atoms with Crippen molar-refractivity contribution in [3.8, 4) is 5.75 Å². The summed E-state index contributed by atoms with van der Waals surface area (Å²) >= 11 is 0. The smallest absolute Gasteiger partial charge is 0.419 e. The largest absolute Gasteiger partial charge is 0.496 e. The Morgan fingerprint density at radius 3 is 2.71 bits per heavy atom. The van der Waals surface area contributed by atoms with Crippen molar-refractivity contribution in [2.24, 2.45) is 0 Å². The molecule has 2 aromatic rings. The number of ether oxygens (including phenoxy) is 1. The second-order valence-electron chi connectivity index (χ2n) is 11.7. The predicted molar refractivity (Wildman–Crippen MR) is 154 cm³/mol. The summed E-state index contributed by atoms with van der Waals surface area (Å²) in [7, 11) is 3.21. The zero-order valence-electron chi connectivity index (χ0n) is 24.6. The van der Waals surface area contributed by atoms with E-state index in [1.807, 2.05) is 7.05 Å². The van der Waals surface area contributed by atoms with Crippen LogP contribution in [-0.2, 0) is 23.8 Å². The molecule has 1 aromatic carbocycles. The predicted octanol–water partition coefficient (Wildman–Crippen LogP) is 6.14. The maximum atomic E-state index is 14.0. The molecular formula is C31H43F3N4O3. The van der Waals surface area contributed by atoms with E-state index in [9.17, 15) is 23.1 Å². The van der Waals surface area contributed by atoms with Gasteiger partial charge in [0.1, 0.15) is 17.6 Å². The Morgan fingerprint density at radius 1 is 1.24 bits per heavy atom. The van der Waals surface area contributed by atoms with E-state index >= 15 is 0 Å². The van der Waals surface area contributed by atoms with Crippen LogP contribution in [0.2, 0.25) is 0 Å². The number of carboxylic acids is 1. The summed E-state index contributed by atoms with van der Waals surface area (Å²) in [5.41, 5.74) is 1.98. The highest BCUT2D eigenvalue weighted by atomic mass is 19.4. The fourth-order valence-electron chi connectivity index (χ4n) is 6.03. The number of halogens is 3. The zero-order valence-corrected chi connectivity index (χ0v) is 24.6. The van der Waals surface area contributed by atoms with Crippen LogP contribution in [-0.4, -0.2) is 72.2 Å². The number of hydrogen-bond acceptors (Lipinski definition) is 6. The van der Waals surface area contributed by atoms with Gasteiger partial charge in [-0.05, 0) is 87.4 Å². The molecule has 2 atom stereocenters. The van der Waals surface area contributed by atoms with E-state index in [4.69, 9.17) is 9.72 Å². The minimum atomic E-state index is -4.66. The molecule has 0 saturated carbocycles. The molecule has 2 aliphatic heterocycles. The van der Waals surface area contributed by atoms with Crippen LogP contribution in [0.25, 0.3) is 0 Å². The van der Waals surface area contributed by atoms with Gasteiger partial charge in [-0.15, -0.1) is 0 Å². The van der Waals surface area contributed by atoms with Crippen LogP contribution in [0.1, 0.15) is 85.9 Å². The van der Waals surface area contributed by atoms with Crippen molar-refractivity contribution in [3.63, 3.8) is 0 Å². The average Bonchev–Trinajstić information content (AvgIpc) is 3.41. The lowest BCUT2D eigenvalue weighted by atomic mass is 9.92. The number of anilines is 1. The van der Waals surface area contributed by atoms with Crippen LogP contribution in [0.4, 0.5) is 19.0 Å². The fraction of sp³-hybridized carbons (Fsp3) is 0.613. The summed E-state index contributed by atoms with van der Waals surface area (Å²) in [6.07, 6.45) is 2.38. The monoisotopic (exact) mass is 576 g/mol. The number of methoxy groups -OCH3 is 1. The summed E-state index contributed by atoms with van der Waals surface area (Å²) in [5, 5.41) is 13.6. The first-order valence-corrected chi connectivity index (χ1v) is 14.7. The quantitative estimate of drug-likeness (QED) is 0.294. The van der Waals surface area contributed by atoms with Gasteiger partial charge in [0.15, 0.2) is 0 Å². The molecule has 2 aliphatic rings. The number of pyridine rings is 1. The van der Waals surface area contributed by atoms with E-state index in [2.05, 4.69) is 22.3 Å². The second kappa shape index (κ2) is 13.4. The van der Waals surface area contributed by atoms with Crippen LogP contribution >= 0.6 is 0 Å². The van der Waals surface area contributed by atoms with Crippen molar-refractivity contribution in [2.75, 3.05) is 45.7 Å². The van der Waals surface area contributed by atoms with Crippen LogP contribution < -0.4 is 10.1 Å². The van der Waals surface area contributed by atoms with Gasteiger partial charge in [-0.2, -0.15) is 13.2 Å². The molecule has 1 aromatic heterocycles. The standard InChI is InChI=1S/C31H43F3N4O3/c1-20(2)22-17-25(28(41-4)26(18-22)31(32,33)34)27(30(39)40)38-16-13-24(19-38)37(3)15-7-5-6-10-23-12-11-21-9-8-14-35-29(21)36-23/h11-12,17-18,20,24,27H,5-10,13-16,19H2,1-4H3,(H,35,36)(H,39,40). The topological polar surface area (TPSA) is 77.9 Å². The third-order valence-electron chi connectivity index (χ3n) is 8.42. The Morgan fingerprint density at radius 2 is 2.02 bits per heavy atom. The fourth-order valence-corrected chi connectivity index (χ4v) is 6.03. The molecule has 2 unspecified atom stereocenters. The van der Waals surface area contributed by atoms with E-state index < -0.39 is 29.5 Å². The maximum Gasteiger partial charge on any atom is 0.419 e. The number of hydrogen-bond donors (Lipinski definition) is 2. The molecule has 7 nitrogen and oxygen atoms in total. The second-order valence-corrected chi connectivity index (χ2v) is 11.7. The molecule has 41 heavy (non-hydrogen) atoms. The van der Waals surface area contributed by atoms with Crippen molar-refractivity contribution in [1.82, 2.24) is 14.8 Å². The third-order valence-corrected chi connectivity index (χ3v) is 8.42. The van der Waals surface area contributed by atoms with E-state index in [1.54, 1.807) is 24.8 Å². The lowest BCUT2D eigenvalue weighted by molar-refractivity contribution is -0.144. The first kappa shape index (κ1) is 31.1. The van der Waals surface area contributed by atoms with Gasteiger partial charge < -0.3 is 20.1 Å². The van der Waals surface area contributed by atoms with Gasteiger partial charge >= 0.3 is 12.1 Å². The van der Waals surface area contributed by atoms with Crippen molar-refractivity contribution in [3.05, 3.63) is 52.2 Å². The minimum absolute atomic E-state index is 0.0628. The van der Waals surface area contributed by atoms with E-state index in [0.717, 1.165) is 75.6 Å². The van der Waals surface area contributed by atoms with Crippen molar-refractivity contribution in [1.29, 1.82) is 0 Å². The van der Waals surface area contributed by atoms with Gasteiger partial charge in [0.25, 0.3) is 0 Å². The first-order chi connectivity index (χ1) is 19.5. The number of fused-ring (bicyclic) bond motifs is 1. The Labute approximate surface area is 241 Å². The molecule has 0 aliphatic carbocycles. The highest BCUT2D eigenvalue weighted by Crippen LogP contribution is 2.44. The van der Waals surface area contributed by atoms with E-state index in [1.165, 1.54) is 12.7 Å². The Kier molecular flexibility index (Phi) is 10.2. The number of nitrogens with zero attached hydrogens (tertiary/aromatic N) is 3. The van der Waals surface area contributed by atoms with E-state index in [-0.39, 0.29) is 17.5 Å². The van der Waals surface area contributed by atoms with Crippen molar-refractivity contribution < 1.29 is 27.8 Å². The van der Waals surface area contributed by atoms with Gasteiger partial charge in [0, 0.05) is 36.9 Å². The molecule has 1 fully saturated rings. The molecule has 1 saturated heterocycles. The van der Waals surface area contributed by atoms with Crippen LogP contribution in [0.5, 0.6) is 5.75 Å². The maximum absolute atomic E-state index is 14.0. The van der Waals surface area contributed by atoms with Gasteiger partial charge in [-0.25, -0.2) is 4.98 Å². The van der Waals surface area contributed by atoms with E-state index in [0.29, 0.717) is 18.7 Å². The van der Waals surface area contributed by atoms with Gasteiger partial charge in [-0.1, -0.05) is 26.3 Å². The number of aromatic nitrogens is 1. The molecule has 10 heteroatoms. The summed E-state index contributed by atoms with van der Waals surface area (Å²) in [6, 6.07) is 5.88. The normalized spacial score (nSPS) is 18.4. The van der Waals surface area contributed by atoms with Crippen molar-refractivity contribution in [2.45, 2.75) is 83.0 Å². The molecule has 2 N–H and O–H groups in total. The number of alkyl halides is 3. The number of likely N-dealkylation sites (N-methyl/N-ethyl adjacent to an activating group) is 1. The van der Waals surface area contributed by atoms with Gasteiger partial charge in [0.05, 0.1) is 12.7 Å². The number of carbonyl (C=O) groups is 1. The van der Waals surface area contributed by atoms with Crippen LogP contribution in [0.15, 0.2) is 24.3 Å². The van der Waals surface area contributed by atoms with Gasteiger partial charge in [-0.3, -0.25) is 9.69 Å². The number of benzene rings is 1. The van der Waals surface area contributed by atoms with Crippen LogP contribution in [0, 0.1) is 0 Å². The molecular weight excluding hydrogens is 533 g/mol. The average molecular weight is 577 g/mol. The number of nitrogens with one attached hydrogen (secondary N) is 1. The SMILES string of the molecule is COc1c(C(C(=O)O)N2CCC(N(C)CCCCCc3ccc4c(n3)NCCC4)C2)cc(C(C)C)cc1C(F)(F)F. The zero-order chi connectivity index (χ0) is 29.7. The Hall–Kier alpha value is -2.85. The number of unbranched alkanes of at least 4 members (excludes halogenated alkanes) is 2. The molecule has 0 spiro atoms. The third kappa shape index (κ3) is 7.52. The lowest BCUT2D eigenvalue weighted by Gasteiger charge is -2.29. The molecule has 226 valence electrons. The van der Waals surface area contributed by atoms with Crippen LogP contribution in [0.3, 0.4) is 0 Å². The summed E-state index contributed by atoms with van der Waals surface area (Å²) in [4.78, 5) is 21.3. The summed E-state index contributed by atoms with van der Waals surface area (Å²) in [6.45, 7) is 6.40. The molecule has 0 amide bonds. The molecule has 0 radical (unpaired) electrons. The highest BCUT2D eigenvalue weighted by Gasteiger charge is 2.41. The number of carboxylic acid groups (broad SMARTS) is 1. The molecule has 3 heterocycles. The summed E-state index contributed by atoms with van der Waals surface area (Å²) in [5.74, 6) is -0.753. The van der Waals surface area contributed by atoms with Crippen molar-refractivity contribution >= 4 is 11.8 Å². The van der Waals surface area contributed by atoms with Gasteiger partial charge in [0.2, 0.25) is 0 Å². The number of aryl methyl sites for hydroxylation is 2. The molecule has 4 rings (SSSR count). The lowest BCUT2D eigenvalue weighted by Crippen LogP contribution is -2.38. The minimum Gasteiger partial charge on any atom is -0.496 e. The Bertz CT molecular complexity index is 1200. The number of rotatable bonds is 12. The number of likely N-dealkylation sites (tertiary alicyclic amines) is 1. The Balaban J connectivity index is 1.35. The first-order valence-electron chi connectivity index (χ1n) is 14.7.